The monoisotopic (exact) mass is 365 g/mol. The van der Waals surface area contributed by atoms with Crippen LogP contribution in [0.3, 0.4) is 0 Å². The molecule has 1 aromatic carbocycles. The number of benzene rings is 1. The zero-order chi connectivity index (χ0) is 18.7. The first-order chi connectivity index (χ1) is 10.9. The van der Waals surface area contributed by atoms with Gasteiger partial charge < -0.3 is 11.5 Å². The van der Waals surface area contributed by atoms with Gasteiger partial charge in [-0.25, -0.2) is 8.42 Å². The second kappa shape index (κ2) is 7.20. The molecular formula is C14H18F3N3O3S. The Kier molecular flexibility index (Phi) is 5.99. The number of hydrogen-bond donors (Lipinski definition) is 2. The summed E-state index contributed by atoms with van der Waals surface area (Å²) in [5, 5.41) is 0. The highest BCUT2D eigenvalue weighted by atomic mass is 32.2. The maximum absolute atomic E-state index is 13.3. The molecular weight excluding hydrogens is 347 g/mol. The lowest BCUT2D eigenvalue weighted by Crippen LogP contribution is -2.24. The highest BCUT2D eigenvalue weighted by molar-refractivity contribution is 7.91. The van der Waals surface area contributed by atoms with E-state index in [-0.39, 0.29) is 12.0 Å². The molecule has 0 unspecified atom stereocenters. The van der Waals surface area contributed by atoms with Crippen molar-refractivity contribution in [1.82, 2.24) is 0 Å². The first-order valence-electron chi connectivity index (χ1n) is 6.98. The second-order valence-electron chi connectivity index (χ2n) is 5.18. The molecule has 0 heterocycles. The van der Waals surface area contributed by atoms with E-state index < -0.39 is 49.7 Å². The van der Waals surface area contributed by atoms with Crippen LogP contribution in [0.5, 0.6) is 0 Å². The minimum absolute atomic E-state index is 0.0353. The number of unbranched alkanes of at least 4 members (excludes halogenated alkanes) is 1. The van der Waals surface area contributed by atoms with Gasteiger partial charge in [0.05, 0.1) is 16.2 Å². The maximum Gasteiger partial charge on any atom is 0.417 e. The van der Waals surface area contributed by atoms with E-state index in [1.54, 1.807) is 6.92 Å². The number of sulfone groups is 1. The average Bonchev–Trinajstić information content (AvgIpc) is 2.42. The van der Waals surface area contributed by atoms with E-state index in [9.17, 15) is 26.4 Å². The summed E-state index contributed by atoms with van der Waals surface area (Å²) in [6, 6.07) is 1.31. The smallest absolute Gasteiger partial charge is 0.370 e. The normalized spacial score (nSPS) is 12.0. The van der Waals surface area contributed by atoms with Crippen LogP contribution < -0.4 is 11.5 Å². The molecule has 0 radical (unpaired) electrons. The van der Waals surface area contributed by atoms with Gasteiger partial charge in [0.2, 0.25) is 0 Å². The van der Waals surface area contributed by atoms with E-state index >= 15 is 0 Å². The van der Waals surface area contributed by atoms with Crippen molar-refractivity contribution in [3.05, 3.63) is 28.8 Å². The van der Waals surface area contributed by atoms with Crippen molar-refractivity contribution in [1.29, 1.82) is 0 Å². The summed E-state index contributed by atoms with van der Waals surface area (Å²) in [7, 11) is -4.14. The Morgan fingerprint density at radius 3 is 2.29 bits per heavy atom. The second-order valence-corrected chi connectivity index (χ2v) is 7.25. The predicted molar refractivity (Wildman–Crippen MR) is 83.3 cm³/mol. The molecule has 134 valence electrons. The number of alkyl halides is 3. The Labute approximate surface area is 137 Å². The Bertz CT molecular complexity index is 767. The largest absolute Gasteiger partial charge is 0.417 e. The highest BCUT2D eigenvalue weighted by Gasteiger charge is 2.38. The Balaban J connectivity index is 3.61. The molecule has 0 aromatic heterocycles. The molecule has 1 aromatic rings. The van der Waals surface area contributed by atoms with E-state index in [4.69, 9.17) is 11.5 Å². The van der Waals surface area contributed by atoms with Gasteiger partial charge in [-0.05, 0) is 31.0 Å². The third-order valence-electron chi connectivity index (χ3n) is 3.19. The summed E-state index contributed by atoms with van der Waals surface area (Å²) in [6.45, 7) is 3.04. The van der Waals surface area contributed by atoms with Crippen molar-refractivity contribution >= 4 is 21.7 Å². The zero-order valence-corrected chi connectivity index (χ0v) is 14.0. The number of amides is 1. The van der Waals surface area contributed by atoms with Crippen LogP contribution in [0.25, 0.3) is 0 Å². The van der Waals surface area contributed by atoms with Gasteiger partial charge >= 0.3 is 6.18 Å². The van der Waals surface area contributed by atoms with Crippen LogP contribution in [-0.2, 0) is 16.0 Å². The van der Waals surface area contributed by atoms with Crippen molar-refractivity contribution in [2.45, 2.75) is 37.8 Å². The standard InChI is InChI=1S/C14H18F3N3O3S/c1-3-4-5-24(22,23)11-6-8(2)9(12(21)20-13(18)19)7-10(11)14(15,16)17/h6-7H,3-5H2,1-2H3,(H4,18,19,20,21). The van der Waals surface area contributed by atoms with Gasteiger partial charge in [-0.1, -0.05) is 13.3 Å². The molecule has 0 bridgehead atoms. The van der Waals surface area contributed by atoms with Crippen molar-refractivity contribution in [3.63, 3.8) is 0 Å². The van der Waals surface area contributed by atoms with Gasteiger partial charge in [0.1, 0.15) is 0 Å². The first kappa shape index (κ1) is 19.9. The number of halogens is 3. The summed E-state index contributed by atoms with van der Waals surface area (Å²) in [5.41, 5.74) is 8.31. The van der Waals surface area contributed by atoms with Crippen molar-refractivity contribution in [3.8, 4) is 0 Å². The number of carbonyl (C=O) groups excluding carboxylic acids is 1. The fourth-order valence-corrected chi connectivity index (χ4v) is 3.77. The number of aryl methyl sites for hydroxylation is 1. The quantitative estimate of drug-likeness (QED) is 0.612. The van der Waals surface area contributed by atoms with Crippen molar-refractivity contribution in [2.24, 2.45) is 16.5 Å². The number of nitrogens with zero attached hydrogens (tertiary/aromatic N) is 1. The molecule has 0 aliphatic heterocycles. The Morgan fingerprint density at radius 1 is 1.25 bits per heavy atom. The first-order valence-corrected chi connectivity index (χ1v) is 8.64. The Morgan fingerprint density at radius 2 is 1.83 bits per heavy atom. The summed E-state index contributed by atoms with van der Waals surface area (Å²) in [6.07, 6.45) is -4.21. The number of nitrogens with two attached hydrogens (primary N) is 2. The van der Waals surface area contributed by atoms with Gasteiger partial charge in [0, 0.05) is 5.56 Å². The lowest BCUT2D eigenvalue weighted by molar-refractivity contribution is -0.139. The molecule has 4 N–H and O–H groups in total. The van der Waals surface area contributed by atoms with Gasteiger partial charge in [0.25, 0.3) is 5.91 Å². The van der Waals surface area contributed by atoms with E-state index in [2.05, 4.69) is 4.99 Å². The summed E-state index contributed by atoms with van der Waals surface area (Å²) in [4.78, 5) is 14.2. The predicted octanol–water partition coefficient (Wildman–Crippen LogP) is 2.00. The minimum atomic E-state index is -4.95. The fourth-order valence-electron chi connectivity index (χ4n) is 2.01. The number of guanidine groups is 1. The molecule has 1 amide bonds. The SMILES string of the molecule is CCCCS(=O)(=O)c1cc(C)c(C(=O)N=C(N)N)cc1C(F)(F)F. The van der Waals surface area contributed by atoms with Crippen LogP contribution >= 0.6 is 0 Å². The van der Waals surface area contributed by atoms with Crippen LogP contribution in [0.2, 0.25) is 0 Å². The van der Waals surface area contributed by atoms with E-state index in [0.29, 0.717) is 12.5 Å². The minimum Gasteiger partial charge on any atom is -0.370 e. The van der Waals surface area contributed by atoms with Gasteiger partial charge in [-0.3, -0.25) is 4.79 Å². The van der Waals surface area contributed by atoms with Crippen LogP contribution in [0.15, 0.2) is 22.0 Å². The van der Waals surface area contributed by atoms with Gasteiger partial charge in [-0.2, -0.15) is 18.2 Å². The van der Waals surface area contributed by atoms with Crippen molar-refractivity contribution < 1.29 is 26.4 Å². The highest BCUT2D eigenvalue weighted by Crippen LogP contribution is 2.36. The molecule has 0 aliphatic rings. The molecule has 24 heavy (non-hydrogen) atoms. The summed E-state index contributed by atoms with van der Waals surface area (Å²) >= 11 is 0. The molecule has 0 saturated carbocycles. The maximum atomic E-state index is 13.3. The summed E-state index contributed by atoms with van der Waals surface area (Å²) in [5.74, 6) is -2.09. The third-order valence-corrected chi connectivity index (χ3v) is 5.03. The van der Waals surface area contributed by atoms with E-state index in [0.717, 1.165) is 6.07 Å². The number of aliphatic imine (C=N–C) groups is 1. The van der Waals surface area contributed by atoms with Crippen LogP contribution in [0.1, 0.15) is 41.3 Å². The zero-order valence-electron chi connectivity index (χ0n) is 13.1. The molecule has 1 rings (SSSR count). The molecule has 10 heteroatoms. The molecule has 0 saturated heterocycles. The van der Waals surface area contributed by atoms with Gasteiger partial charge in [-0.15, -0.1) is 0 Å². The van der Waals surface area contributed by atoms with E-state index in [1.165, 1.54) is 6.92 Å². The van der Waals surface area contributed by atoms with Crippen LogP contribution in [-0.4, -0.2) is 26.0 Å². The number of hydrogen-bond acceptors (Lipinski definition) is 3. The van der Waals surface area contributed by atoms with E-state index in [1.807, 2.05) is 0 Å². The number of rotatable bonds is 5. The lowest BCUT2D eigenvalue weighted by Gasteiger charge is -2.16. The molecule has 0 spiro atoms. The molecule has 0 fully saturated rings. The van der Waals surface area contributed by atoms with Crippen LogP contribution in [0.4, 0.5) is 13.2 Å². The Hall–Kier alpha value is -2.10. The molecule has 6 nitrogen and oxygen atoms in total. The molecule has 0 aliphatic carbocycles. The topological polar surface area (TPSA) is 116 Å². The number of carbonyl (C=O) groups is 1. The average molecular weight is 365 g/mol. The fraction of sp³-hybridized carbons (Fsp3) is 0.429. The third kappa shape index (κ3) is 4.70. The summed E-state index contributed by atoms with van der Waals surface area (Å²) < 4.78 is 64.3. The van der Waals surface area contributed by atoms with Crippen molar-refractivity contribution in [2.75, 3.05) is 5.75 Å². The van der Waals surface area contributed by atoms with Gasteiger partial charge in [0.15, 0.2) is 15.8 Å². The lowest BCUT2D eigenvalue weighted by atomic mass is 10.0. The van der Waals surface area contributed by atoms with Crippen LogP contribution in [0, 0.1) is 6.92 Å². The molecule has 0 atom stereocenters.